The van der Waals surface area contributed by atoms with Crippen LogP contribution in [0.1, 0.15) is 26.3 Å². The zero-order chi connectivity index (χ0) is 23.5. The molecule has 3 rings (SSSR count). The minimum atomic E-state index is -4.28. The lowest BCUT2D eigenvalue weighted by Crippen LogP contribution is -2.19. The predicted octanol–water partition coefficient (Wildman–Crippen LogP) is 3.46. The van der Waals surface area contributed by atoms with Crippen LogP contribution in [0.3, 0.4) is 0 Å². The highest BCUT2D eigenvalue weighted by molar-refractivity contribution is 7.92. The molecular formula is C22H20N2O7S. The number of anilines is 2. The number of carbonyl (C=O) groups is 2. The predicted molar refractivity (Wildman–Crippen MR) is 118 cm³/mol. The van der Waals surface area contributed by atoms with Gasteiger partial charge in [0.25, 0.3) is 15.9 Å². The van der Waals surface area contributed by atoms with Crippen molar-refractivity contribution in [3.63, 3.8) is 0 Å². The lowest BCUT2D eigenvalue weighted by atomic mass is 10.1. The first-order valence-corrected chi connectivity index (χ1v) is 10.7. The SMILES string of the molecule is COc1cccc(NC(=O)c2ccccc2NS(=O)(=O)c2cc(C(=O)O)c(O)cc2C)c1. The van der Waals surface area contributed by atoms with Crippen molar-refractivity contribution in [3.05, 3.63) is 77.4 Å². The highest BCUT2D eigenvalue weighted by atomic mass is 32.2. The third kappa shape index (κ3) is 4.81. The van der Waals surface area contributed by atoms with Gasteiger partial charge in [-0.05, 0) is 48.9 Å². The van der Waals surface area contributed by atoms with Crippen molar-refractivity contribution in [2.75, 3.05) is 17.1 Å². The quantitative estimate of drug-likeness (QED) is 0.426. The summed E-state index contributed by atoms with van der Waals surface area (Å²) in [6.45, 7) is 1.42. The van der Waals surface area contributed by atoms with Gasteiger partial charge in [-0.2, -0.15) is 0 Å². The van der Waals surface area contributed by atoms with Crippen LogP contribution in [0.2, 0.25) is 0 Å². The number of carboxylic acid groups (broad SMARTS) is 1. The summed E-state index contributed by atoms with van der Waals surface area (Å²) in [7, 11) is -2.79. The number of carboxylic acids is 1. The summed E-state index contributed by atoms with van der Waals surface area (Å²) >= 11 is 0. The smallest absolute Gasteiger partial charge is 0.339 e. The van der Waals surface area contributed by atoms with E-state index >= 15 is 0 Å². The van der Waals surface area contributed by atoms with Gasteiger partial charge in [-0.25, -0.2) is 13.2 Å². The maximum absolute atomic E-state index is 13.0. The second-order valence-electron chi connectivity index (χ2n) is 6.78. The number of phenols is 1. The van der Waals surface area contributed by atoms with Crippen molar-refractivity contribution in [3.8, 4) is 11.5 Å². The van der Waals surface area contributed by atoms with Crippen molar-refractivity contribution in [2.24, 2.45) is 0 Å². The molecule has 0 unspecified atom stereocenters. The van der Waals surface area contributed by atoms with E-state index in [2.05, 4.69) is 10.0 Å². The Labute approximate surface area is 184 Å². The number of aromatic hydroxyl groups is 1. The maximum atomic E-state index is 13.0. The number of aromatic carboxylic acids is 1. The molecular weight excluding hydrogens is 436 g/mol. The molecule has 3 aromatic carbocycles. The number of aryl methyl sites for hydroxylation is 1. The Bertz CT molecular complexity index is 1300. The van der Waals surface area contributed by atoms with Crippen molar-refractivity contribution in [2.45, 2.75) is 11.8 Å². The fraction of sp³-hybridized carbons (Fsp3) is 0.0909. The molecule has 0 bridgehead atoms. The van der Waals surface area contributed by atoms with Gasteiger partial charge in [0.05, 0.1) is 23.3 Å². The molecule has 32 heavy (non-hydrogen) atoms. The van der Waals surface area contributed by atoms with Crippen molar-refractivity contribution >= 4 is 33.3 Å². The summed E-state index contributed by atoms with van der Waals surface area (Å²) < 4.78 is 33.4. The molecule has 0 aliphatic heterocycles. The van der Waals surface area contributed by atoms with Crippen LogP contribution in [0.5, 0.6) is 11.5 Å². The first-order valence-electron chi connectivity index (χ1n) is 9.26. The largest absolute Gasteiger partial charge is 0.507 e. The Morgan fingerprint density at radius 2 is 1.69 bits per heavy atom. The third-order valence-electron chi connectivity index (χ3n) is 4.56. The number of sulfonamides is 1. The Morgan fingerprint density at radius 1 is 0.969 bits per heavy atom. The van der Waals surface area contributed by atoms with E-state index in [1.807, 2.05) is 0 Å². The van der Waals surface area contributed by atoms with Gasteiger partial charge in [0.1, 0.15) is 17.1 Å². The zero-order valence-electron chi connectivity index (χ0n) is 17.1. The molecule has 0 saturated heterocycles. The monoisotopic (exact) mass is 456 g/mol. The molecule has 0 atom stereocenters. The summed E-state index contributed by atoms with van der Waals surface area (Å²) in [6, 6.07) is 14.6. The number of rotatable bonds is 7. The number of carbonyl (C=O) groups excluding carboxylic acids is 1. The molecule has 0 fully saturated rings. The second-order valence-corrected chi connectivity index (χ2v) is 8.43. The van der Waals surface area contributed by atoms with Crippen LogP contribution in [0, 0.1) is 6.92 Å². The lowest BCUT2D eigenvalue weighted by molar-refractivity contribution is 0.0693. The first-order chi connectivity index (χ1) is 15.1. The fourth-order valence-corrected chi connectivity index (χ4v) is 4.34. The van der Waals surface area contributed by atoms with E-state index in [1.165, 1.54) is 26.2 Å². The van der Waals surface area contributed by atoms with Gasteiger partial charge in [-0.3, -0.25) is 9.52 Å². The minimum absolute atomic E-state index is 0.00255. The van der Waals surface area contributed by atoms with Crippen molar-refractivity contribution in [1.82, 2.24) is 0 Å². The molecule has 9 nitrogen and oxygen atoms in total. The van der Waals surface area contributed by atoms with Gasteiger partial charge in [-0.15, -0.1) is 0 Å². The molecule has 0 aliphatic carbocycles. The Hall–Kier alpha value is -4.05. The van der Waals surface area contributed by atoms with Crippen LogP contribution in [0.25, 0.3) is 0 Å². The molecule has 166 valence electrons. The van der Waals surface area contributed by atoms with E-state index in [9.17, 15) is 28.2 Å². The number of nitrogens with one attached hydrogen (secondary N) is 2. The van der Waals surface area contributed by atoms with Gasteiger partial charge < -0.3 is 20.3 Å². The van der Waals surface area contributed by atoms with Crippen LogP contribution >= 0.6 is 0 Å². The van der Waals surface area contributed by atoms with Gasteiger partial charge in [0.2, 0.25) is 0 Å². The van der Waals surface area contributed by atoms with E-state index < -0.39 is 33.2 Å². The number of methoxy groups -OCH3 is 1. The Kier molecular flexibility index (Phi) is 6.35. The molecule has 0 aliphatic rings. The van der Waals surface area contributed by atoms with Crippen molar-refractivity contribution < 1.29 is 33.0 Å². The van der Waals surface area contributed by atoms with Crippen LogP contribution in [-0.2, 0) is 10.0 Å². The molecule has 3 aromatic rings. The van der Waals surface area contributed by atoms with Crippen LogP contribution < -0.4 is 14.8 Å². The van der Waals surface area contributed by atoms with Crippen LogP contribution in [0.4, 0.5) is 11.4 Å². The fourth-order valence-electron chi connectivity index (χ4n) is 3.00. The topological polar surface area (TPSA) is 142 Å². The van der Waals surface area contributed by atoms with Gasteiger partial charge >= 0.3 is 5.97 Å². The Balaban J connectivity index is 1.94. The highest BCUT2D eigenvalue weighted by Gasteiger charge is 2.24. The summed E-state index contributed by atoms with van der Waals surface area (Å²) in [6.07, 6.45) is 0. The van der Waals surface area contributed by atoms with E-state index in [4.69, 9.17) is 4.74 Å². The standard InChI is InChI=1S/C22H20N2O7S/c1-13-10-19(25)17(22(27)28)12-20(13)32(29,30)24-18-9-4-3-8-16(18)21(26)23-14-6-5-7-15(11-14)31-2/h3-12,24-25H,1-2H3,(H,23,26)(H,27,28). The van der Waals surface area contributed by atoms with Gasteiger partial charge in [0.15, 0.2) is 0 Å². The average molecular weight is 456 g/mol. The number of hydrogen-bond acceptors (Lipinski definition) is 6. The van der Waals surface area contributed by atoms with Gasteiger partial charge in [0, 0.05) is 11.8 Å². The van der Waals surface area contributed by atoms with E-state index in [-0.39, 0.29) is 21.7 Å². The number of amides is 1. The number of hydrogen-bond donors (Lipinski definition) is 4. The van der Waals surface area contributed by atoms with Crippen LogP contribution in [-0.4, -0.2) is 37.6 Å². The molecule has 0 aromatic heterocycles. The lowest BCUT2D eigenvalue weighted by Gasteiger charge is -2.15. The average Bonchev–Trinajstić information content (AvgIpc) is 2.73. The molecule has 10 heteroatoms. The van der Waals surface area contributed by atoms with E-state index in [0.717, 1.165) is 12.1 Å². The molecule has 4 N–H and O–H groups in total. The van der Waals surface area contributed by atoms with E-state index in [1.54, 1.807) is 36.4 Å². The highest BCUT2D eigenvalue weighted by Crippen LogP contribution is 2.28. The zero-order valence-corrected chi connectivity index (χ0v) is 17.9. The molecule has 0 heterocycles. The van der Waals surface area contributed by atoms with Crippen LogP contribution in [0.15, 0.2) is 65.6 Å². The molecule has 0 spiro atoms. The summed E-state index contributed by atoms with van der Waals surface area (Å²) in [5.74, 6) is -2.05. The summed E-state index contributed by atoms with van der Waals surface area (Å²) in [5, 5.41) is 21.6. The molecule has 0 saturated carbocycles. The minimum Gasteiger partial charge on any atom is -0.507 e. The number of para-hydroxylation sites is 1. The summed E-state index contributed by atoms with van der Waals surface area (Å²) in [5.41, 5.74) is 0.0804. The molecule has 1 amide bonds. The number of ether oxygens (including phenoxy) is 1. The Morgan fingerprint density at radius 3 is 2.38 bits per heavy atom. The maximum Gasteiger partial charge on any atom is 0.339 e. The summed E-state index contributed by atoms with van der Waals surface area (Å²) in [4.78, 5) is 23.8. The first kappa shape index (κ1) is 22.6. The second kappa shape index (κ2) is 8.98. The normalized spacial score (nSPS) is 10.9. The van der Waals surface area contributed by atoms with Crippen molar-refractivity contribution in [1.29, 1.82) is 0 Å². The van der Waals surface area contributed by atoms with E-state index in [0.29, 0.717) is 11.4 Å². The third-order valence-corrected chi connectivity index (χ3v) is 6.06. The van der Waals surface area contributed by atoms with Gasteiger partial charge in [-0.1, -0.05) is 18.2 Å². The number of benzene rings is 3. The molecule has 0 radical (unpaired) electrons.